The molecule has 2 aromatic carbocycles. The van der Waals surface area contributed by atoms with Crippen molar-refractivity contribution >= 4 is 21.6 Å². The van der Waals surface area contributed by atoms with E-state index in [-0.39, 0.29) is 19.0 Å². The highest BCUT2D eigenvalue weighted by molar-refractivity contribution is 7.89. The molecule has 6 nitrogen and oxygen atoms in total. The van der Waals surface area contributed by atoms with Crippen molar-refractivity contribution in [3.05, 3.63) is 59.7 Å². The van der Waals surface area contributed by atoms with E-state index >= 15 is 0 Å². The maximum Gasteiger partial charge on any atom is 0.254 e. The summed E-state index contributed by atoms with van der Waals surface area (Å²) in [4.78, 5) is 14.5. The molecule has 2 aromatic rings. The molecule has 7 heteroatoms. The number of nitrogens with zero attached hydrogens (tertiary/aromatic N) is 2. The van der Waals surface area contributed by atoms with E-state index < -0.39 is 10.0 Å². The second-order valence-corrected chi connectivity index (χ2v) is 8.98. The summed E-state index contributed by atoms with van der Waals surface area (Å²) in [5, 5.41) is 0. The summed E-state index contributed by atoms with van der Waals surface area (Å²) in [6, 6.07) is 13.9. The third kappa shape index (κ3) is 4.14. The molecule has 1 aliphatic heterocycles. The Morgan fingerprint density at radius 2 is 1.63 bits per heavy atom. The molecule has 1 heterocycles. The number of nitrogens with two attached hydrogens (primary N) is 1. The van der Waals surface area contributed by atoms with Gasteiger partial charge in [-0.3, -0.25) is 4.79 Å². The highest BCUT2D eigenvalue weighted by Crippen LogP contribution is 2.22. The number of carbonyl (C=O) groups excluding carboxylic acids is 1. The van der Waals surface area contributed by atoms with Crippen LogP contribution in [0.3, 0.4) is 0 Å². The maximum absolute atomic E-state index is 12.9. The first-order chi connectivity index (χ1) is 12.8. The van der Waals surface area contributed by atoms with Gasteiger partial charge >= 0.3 is 0 Å². The molecule has 0 bridgehead atoms. The Kier molecular flexibility index (Phi) is 5.53. The van der Waals surface area contributed by atoms with Crippen molar-refractivity contribution in [1.82, 2.24) is 9.21 Å². The van der Waals surface area contributed by atoms with Crippen LogP contribution in [-0.2, 0) is 10.0 Å². The number of amides is 1. The zero-order valence-electron chi connectivity index (χ0n) is 15.6. The van der Waals surface area contributed by atoms with Gasteiger partial charge in [0.2, 0.25) is 10.0 Å². The van der Waals surface area contributed by atoms with Crippen molar-refractivity contribution in [2.45, 2.75) is 24.7 Å². The second kappa shape index (κ2) is 7.70. The number of hydrogen-bond acceptors (Lipinski definition) is 4. The fourth-order valence-corrected chi connectivity index (χ4v) is 4.58. The largest absolute Gasteiger partial charge is 0.399 e. The van der Waals surface area contributed by atoms with Crippen LogP contribution < -0.4 is 5.73 Å². The van der Waals surface area contributed by atoms with Gasteiger partial charge < -0.3 is 10.6 Å². The molecule has 144 valence electrons. The molecule has 0 aliphatic carbocycles. The summed E-state index contributed by atoms with van der Waals surface area (Å²) in [6.45, 7) is 5.42. The van der Waals surface area contributed by atoms with Crippen LogP contribution in [0.5, 0.6) is 0 Å². The Morgan fingerprint density at radius 1 is 1.00 bits per heavy atom. The van der Waals surface area contributed by atoms with Gasteiger partial charge in [-0.05, 0) is 41.8 Å². The van der Waals surface area contributed by atoms with Gasteiger partial charge in [0.05, 0.1) is 4.90 Å². The van der Waals surface area contributed by atoms with Crippen LogP contribution in [0.15, 0.2) is 53.4 Å². The topological polar surface area (TPSA) is 83.7 Å². The van der Waals surface area contributed by atoms with Crippen molar-refractivity contribution in [2.75, 3.05) is 31.9 Å². The summed E-state index contributed by atoms with van der Waals surface area (Å²) in [5.74, 6) is 0.226. The van der Waals surface area contributed by atoms with Crippen molar-refractivity contribution in [3.63, 3.8) is 0 Å². The molecule has 1 fully saturated rings. The van der Waals surface area contributed by atoms with Crippen LogP contribution >= 0.6 is 0 Å². The van der Waals surface area contributed by atoms with E-state index in [1.54, 1.807) is 41.3 Å². The number of nitrogen functional groups attached to an aromatic ring is 1. The minimum absolute atomic E-state index is 0.124. The van der Waals surface area contributed by atoms with E-state index in [9.17, 15) is 13.2 Å². The number of hydrogen-bond donors (Lipinski definition) is 1. The number of anilines is 1. The lowest BCUT2D eigenvalue weighted by Crippen LogP contribution is -2.50. The first kappa shape index (κ1) is 19.4. The average molecular weight is 388 g/mol. The molecular formula is C20H25N3O3S. The Hall–Kier alpha value is -2.38. The lowest BCUT2D eigenvalue weighted by Gasteiger charge is -2.34. The molecule has 27 heavy (non-hydrogen) atoms. The highest BCUT2D eigenvalue weighted by atomic mass is 32.2. The van der Waals surface area contributed by atoms with Crippen LogP contribution in [0.4, 0.5) is 5.69 Å². The lowest BCUT2D eigenvalue weighted by atomic mass is 10.0. The first-order valence-corrected chi connectivity index (χ1v) is 10.5. The standard InChI is InChI=1S/C20H25N3O3S/c1-15(2)16-6-8-19(9-7-16)27(25,26)23-12-10-22(11-13-23)20(24)17-4-3-5-18(21)14-17/h3-9,14-15H,10-13,21H2,1-2H3. The Morgan fingerprint density at radius 3 is 2.19 bits per heavy atom. The molecule has 0 saturated carbocycles. The van der Waals surface area contributed by atoms with Gasteiger partial charge in [-0.2, -0.15) is 4.31 Å². The summed E-state index contributed by atoms with van der Waals surface area (Å²) < 4.78 is 27.2. The highest BCUT2D eigenvalue weighted by Gasteiger charge is 2.30. The molecule has 0 radical (unpaired) electrons. The predicted octanol–water partition coefficient (Wildman–Crippen LogP) is 2.54. The monoisotopic (exact) mass is 387 g/mol. The third-order valence-electron chi connectivity index (χ3n) is 4.84. The van der Waals surface area contributed by atoms with Crippen molar-refractivity contribution < 1.29 is 13.2 Å². The summed E-state index contributed by atoms with van der Waals surface area (Å²) in [5.41, 5.74) is 7.90. The number of sulfonamides is 1. The van der Waals surface area contributed by atoms with Gasteiger partial charge in [0.25, 0.3) is 5.91 Å². The first-order valence-electron chi connectivity index (χ1n) is 9.04. The molecule has 1 saturated heterocycles. The Balaban J connectivity index is 1.68. The van der Waals surface area contributed by atoms with E-state index in [0.29, 0.717) is 35.2 Å². The number of benzene rings is 2. The Bertz CT molecular complexity index is 916. The van der Waals surface area contributed by atoms with Gasteiger partial charge in [0.1, 0.15) is 0 Å². The third-order valence-corrected chi connectivity index (χ3v) is 6.76. The van der Waals surface area contributed by atoms with Crippen molar-refractivity contribution in [2.24, 2.45) is 0 Å². The predicted molar refractivity (Wildman–Crippen MR) is 106 cm³/mol. The smallest absolute Gasteiger partial charge is 0.254 e. The van der Waals surface area contributed by atoms with Gasteiger partial charge in [-0.1, -0.05) is 32.0 Å². The fraction of sp³-hybridized carbons (Fsp3) is 0.350. The zero-order chi connectivity index (χ0) is 19.6. The summed E-state index contributed by atoms with van der Waals surface area (Å²) in [7, 11) is -3.55. The number of carbonyl (C=O) groups is 1. The summed E-state index contributed by atoms with van der Waals surface area (Å²) in [6.07, 6.45) is 0. The SMILES string of the molecule is CC(C)c1ccc(S(=O)(=O)N2CCN(C(=O)c3cccc(N)c3)CC2)cc1. The van der Waals surface area contributed by atoms with Crippen LogP contribution in [0.2, 0.25) is 0 Å². The van der Waals surface area contributed by atoms with Gasteiger partial charge in [0, 0.05) is 37.4 Å². The molecule has 0 spiro atoms. The van der Waals surface area contributed by atoms with E-state index in [4.69, 9.17) is 5.73 Å². The Labute approximate surface area is 160 Å². The van der Waals surface area contributed by atoms with Crippen molar-refractivity contribution in [3.8, 4) is 0 Å². The molecule has 2 N–H and O–H groups in total. The fourth-order valence-electron chi connectivity index (χ4n) is 3.16. The van der Waals surface area contributed by atoms with E-state index in [2.05, 4.69) is 13.8 Å². The lowest BCUT2D eigenvalue weighted by molar-refractivity contribution is 0.0698. The van der Waals surface area contributed by atoms with E-state index in [1.165, 1.54) is 4.31 Å². The maximum atomic E-state index is 12.9. The van der Waals surface area contributed by atoms with Crippen LogP contribution in [0.25, 0.3) is 0 Å². The molecule has 1 amide bonds. The van der Waals surface area contributed by atoms with E-state index in [1.807, 2.05) is 12.1 Å². The molecule has 0 aromatic heterocycles. The zero-order valence-corrected chi connectivity index (χ0v) is 16.4. The van der Waals surface area contributed by atoms with Gasteiger partial charge in [-0.25, -0.2) is 8.42 Å². The minimum atomic E-state index is -3.55. The van der Waals surface area contributed by atoms with Crippen LogP contribution in [0.1, 0.15) is 35.7 Å². The van der Waals surface area contributed by atoms with Crippen LogP contribution in [0, 0.1) is 0 Å². The van der Waals surface area contributed by atoms with Gasteiger partial charge in [0.15, 0.2) is 0 Å². The molecule has 3 rings (SSSR count). The second-order valence-electron chi connectivity index (χ2n) is 7.05. The number of rotatable bonds is 4. The van der Waals surface area contributed by atoms with Crippen LogP contribution in [-0.4, -0.2) is 49.7 Å². The molecular weight excluding hydrogens is 362 g/mol. The summed E-state index contributed by atoms with van der Waals surface area (Å²) >= 11 is 0. The van der Waals surface area contributed by atoms with Gasteiger partial charge in [-0.15, -0.1) is 0 Å². The number of piperazine rings is 1. The van der Waals surface area contributed by atoms with E-state index in [0.717, 1.165) is 5.56 Å². The molecule has 0 atom stereocenters. The quantitative estimate of drug-likeness (QED) is 0.817. The molecule has 1 aliphatic rings. The minimum Gasteiger partial charge on any atom is -0.399 e. The van der Waals surface area contributed by atoms with Crippen molar-refractivity contribution in [1.29, 1.82) is 0 Å². The molecule has 0 unspecified atom stereocenters. The average Bonchev–Trinajstić information content (AvgIpc) is 2.67. The normalized spacial score (nSPS) is 15.9.